The molecule has 1 amide bonds. The molecule has 1 fully saturated rings. The summed E-state index contributed by atoms with van der Waals surface area (Å²) in [6.45, 7) is 0.198. The van der Waals surface area contributed by atoms with Crippen molar-refractivity contribution < 1.29 is 13.2 Å². The van der Waals surface area contributed by atoms with Crippen molar-refractivity contribution in [3.05, 3.63) is 5.82 Å². The van der Waals surface area contributed by atoms with E-state index in [9.17, 15) is 13.2 Å². The summed E-state index contributed by atoms with van der Waals surface area (Å²) >= 11 is 1.24. The quantitative estimate of drug-likeness (QED) is 0.582. The van der Waals surface area contributed by atoms with Crippen LogP contribution in [0.5, 0.6) is 0 Å². The molecule has 0 aliphatic carbocycles. The van der Waals surface area contributed by atoms with Crippen molar-refractivity contribution in [1.29, 1.82) is 0 Å². The van der Waals surface area contributed by atoms with Crippen molar-refractivity contribution in [3.8, 4) is 12.3 Å². The number of terminal acetylenes is 1. The van der Waals surface area contributed by atoms with Crippen molar-refractivity contribution >= 4 is 27.5 Å². The Balaban J connectivity index is 1.98. The zero-order chi connectivity index (χ0) is 15.5. The van der Waals surface area contributed by atoms with Crippen molar-refractivity contribution in [3.63, 3.8) is 0 Å². The van der Waals surface area contributed by atoms with Crippen molar-refractivity contribution in [1.82, 2.24) is 20.1 Å². The first-order valence-corrected chi connectivity index (χ1v) is 9.16. The summed E-state index contributed by atoms with van der Waals surface area (Å²) in [5.74, 6) is 3.20. The van der Waals surface area contributed by atoms with E-state index in [-0.39, 0.29) is 35.6 Å². The highest BCUT2D eigenvalue weighted by Crippen LogP contribution is 2.29. The van der Waals surface area contributed by atoms with Gasteiger partial charge in [0.25, 0.3) is 0 Å². The summed E-state index contributed by atoms with van der Waals surface area (Å²) in [5, 5.41) is 11.2. The number of carbonyl (C=O) groups is 1. The van der Waals surface area contributed by atoms with Crippen LogP contribution in [0, 0.1) is 12.3 Å². The van der Waals surface area contributed by atoms with Crippen LogP contribution in [0.4, 0.5) is 0 Å². The molecule has 21 heavy (non-hydrogen) atoms. The Bertz CT molecular complexity index is 675. The highest BCUT2D eigenvalue weighted by Gasteiger charge is 2.32. The average Bonchev–Trinajstić information content (AvgIpc) is 2.97. The summed E-state index contributed by atoms with van der Waals surface area (Å²) in [5.41, 5.74) is 0. The van der Waals surface area contributed by atoms with Crippen LogP contribution in [-0.2, 0) is 21.7 Å². The number of rotatable bonds is 5. The number of amides is 1. The third-order valence-electron chi connectivity index (χ3n) is 3.19. The van der Waals surface area contributed by atoms with E-state index >= 15 is 0 Å². The van der Waals surface area contributed by atoms with Crippen molar-refractivity contribution in [2.24, 2.45) is 7.05 Å². The summed E-state index contributed by atoms with van der Waals surface area (Å²) in [6, 6.07) is 0. The fourth-order valence-electron chi connectivity index (χ4n) is 2.14. The third-order valence-corrected chi connectivity index (χ3v) is 5.97. The summed E-state index contributed by atoms with van der Waals surface area (Å²) < 4.78 is 24.8. The van der Waals surface area contributed by atoms with E-state index in [0.717, 1.165) is 0 Å². The minimum absolute atomic E-state index is 0.114. The van der Waals surface area contributed by atoms with Gasteiger partial charge in [-0.05, 0) is 6.42 Å². The molecule has 1 aliphatic rings. The molecule has 7 nitrogen and oxygen atoms in total. The van der Waals surface area contributed by atoms with Crippen LogP contribution in [0.2, 0.25) is 0 Å². The molecule has 1 aromatic heterocycles. The van der Waals surface area contributed by atoms with E-state index in [0.29, 0.717) is 17.4 Å². The number of sulfone groups is 1. The van der Waals surface area contributed by atoms with Crippen LogP contribution in [0.15, 0.2) is 5.16 Å². The fourth-order valence-corrected chi connectivity index (χ4v) is 4.62. The minimum Gasteiger partial charge on any atom is -0.344 e. The van der Waals surface area contributed by atoms with Gasteiger partial charge in [0.15, 0.2) is 15.0 Å². The standard InChI is InChI=1S/C12H16N4O3S2/c1-3-5-13-10(17)7-20-12-15-14-11(16(12)2)9-4-6-21(18,19)8-9/h1,9H,4-8H2,2H3,(H,13,17)/t9-/m0/s1. The van der Waals surface area contributed by atoms with Crippen LogP contribution >= 0.6 is 11.8 Å². The Kier molecular flexibility index (Phi) is 4.90. The van der Waals surface area contributed by atoms with Crippen LogP contribution in [-0.4, -0.2) is 52.9 Å². The first kappa shape index (κ1) is 15.9. The predicted molar refractivity (Wildman–Crippen MR) is 79.6 cm³/mol. The number of hydrogen-bond acceptors (Lipinski definition) is 6. The minimum atomic E-state index is -2.96. The lowest BCUT2D eigenvalue weighted by Gasteiger charge is -2.07. The molecule has 0 saturated carbocycles. The Morgan fingerprint density at radius 1 is 1.57 bits per heavy atom. The Morgan fingerprint density at radius 3 is 2.95 bits per heavy atom. The smallest absolute Gasteiger partial charge is 0.231 e. The summed E-state index contributed by atoms with van der Waals surface area (Å²) in [6.07, 6.45) is 5.63. The molecule has 2 rings (SSSR count). The van der Waals surface area contributed by atoms with E-state index in [1.807, 2.05) is 0 Å². The van der Waals surface area contributed by atoms with Crippen LogP contribution in [0.1, 0.15) is 18.2 Å². The molecule has 1 aromatic rings. The number of nitrogens with one attached hydrogen (secondary N) is 1. The molecule has 2 heterocycles. The zero-order valence-corrected chi connectivity index (χ0v) is 13.2. The Morgan fingerprint density at radius 2 is 2.33 bits per heavy atom. The first-order valence-electron chi connectivity index (χ1n) is 6.35. The number of aromatic nitrogens is 3. The first-order chi connectivity index (χ1) is 9.93. The molecule has 1 saturated heterocycles. The Hall–Kier alpha value is -1.53. The molecule has 0 spiro atoms. The molecule has 1 N–H and O–H groups in total. The van der Waals surface area contributed by atoms with Gasteiger partial charge in [0, 0.05) is 13.0 Å². The van der Waals surface area contributed by atoms with Gasteiger partial charge in [-0.15, -0.1) is 16.6 Å². The monoisotopic (exact) mass is 328 g/mol. The molecule has 0 radical (unpaired) electrons. The number of nitrogens with zero attached hydrogens (tertiary/aromatic N) is 3. The van der Waals surface area contributed by atoms with Gasteiger partial charge in [0.2, 0.25) is 5.91 Å². The highest BCUT2D eigenvalue weighted by molar-refractivity contribution is 7.99. The van der Waals surface area contributed by atoms with E-state index in [1.165, 1.54) is 11.8 Å². The van der Waals surface area contributed by atoms with E-state index < -0.39 is 9.84 Å². The second-order valence-electron chi connectivity index (χ2n) is 4.77. The van der Waals surface area contributed by atoms with Gasteiger partial charge in [0.05, 0.1) is 23.8 Å². The van der Waals surface area contributed by atoms with Gasteiger partial charge in [0.1, 0.15) is 5.82 Å². The van der Waals surface area contributed by atoms with Crippen LogP contribution < -0.4 is 5.32 Å². The lowest BCUT2D eigenvalue weighted by Crippen LogP contribution is -2.25. The van der Waals surface area contributed by atoms with E-state index in [2.05, 4.69) is 21.4 Å². The molecule has 9 heteroatoms. The summed E-state index contributed by atoms with van der Waals surface area (Å²) in [4.78, 5) is 11.5. The molecular formula is C12H16N4O3S2. The van der Waals surface area contributed by atoms with Gasteiger partial charge in [-0.2, -0.15) is 0 Å². The lowest BCUT2D eigenvalue weighted by molar-refractivity contribution is -0.118. The van der Waals surface area contributed by atoms with Crippen molar-refractivity contribution in [2.45, 2.75) is 17.5 Å². The highest BCUT2D eigenvalue weighted by atomic mass is 32.2. The molecule has 0 aromatic carbocycles. The summed E-state index contributed by atoms with van der Waals surface area (Å²) in [7, 11) is -1.18. The second-order valence-corrected chi connectivity index (χ2v) is 7.94. The molecule has 1 atom stereocenters. The van der Waals surface area contributed by atoms with Crippen molar-refractivity contribution in [2.75, 3.05) is 23.8 Å². The molecule has 0 bridgehead atoms. The normalized spacial score (nSPS) is 20.1. The van der Waals surface area contributed by atoms with Crippen LogP contribution in [0.25, 0.3) is 0 Å². The largest absolute Gasteiger partial charge is 0.344 e. The second kappa shape index (κ2) is 6.49. The average molecular weight is 328 g/mol. The van der Waals surface area contributed by atoms with Gasteiger partial charge in [-0.25, -0.2) is 8.42 Å². The number of hydrogen-bond donors (Lipinski definition) is 1. The molecule has 0 unspecified atom stereocenters. The van der Waals surface area contributed by atoms with Crippen LogP contribution in [0.3, 0.4) is 0 Å². The molecule has 1 aliphatic heterocycles. The maximum atomic E-state index is 11.5. The van der Waals surface area contributed by atoms with Gasteiger partial charge < -0.3 is 9.88 Å². The van der Waals surface area contributed by atoms with E-state index in [1.54, 1.807) is 11.6 Å². The van der Waals surface area contributed by atoms with E-state index in [4.69, 9.17) is 6.42 Å². The topological polar surface area (TPSA) is 94.0 Å². The molecule has 114 valence electrons. The van der Waals surface area contributed by atoms with Gasteiger partial charge >= 0.3 is 0 Å². The number of carbonyl (C=O) groups excluding carboxylic acids is 1. The maximum absolute atomic E-state index is 11.5. The fraction of sp³-hybridized carbons (Fsp3) is 0.583. The van der Waals surface area contributed by atoms with Gasteiger partial charge in [-0.3, -0.25) is 4.79 Å². The predicted octanol–water partition coefficient (Wildman–Crippen LogP) is -0.441. The number of thioether (sulfide) groups is 1. The lowest BCUT2D eigenvalue weighted by atomic mass is 10.1. The SMILES string of the molecule is C#CCNC(=O)CSc1nnc([C@H]2CCS(=O)(=O)C2)n1C. The maximum Gasteiger partial charge on any atom is 0.231 e. The molecular weight excluding hydrogens is 312 g/mol. The zero-order valence-electron chi connectivity index (χ0n) is 11.6. The van der Waals surface area contributed by atoms with Gasteiger partial charge in [-0.1, -0.05) is 17.7 Å². The Labute approximate surface area is 127 Å². The third kappa shape index (κ3) is 3.98.